The number of benzene rings is 1. The van der Waals surface area contributed by atoms with Crippen LogP contribution in [0, 0.1) is 6.92 Å². The molecule has 0 saturated heterocycles. The molecule has 0 unspecified atom stereocenters. The number of nitrogens with two attached hydrogens (primary N) is 1. The van der Waals surface area contributed by atoms with Crippen LogP contribution in [0.2, 0.25) is 0 Å². The zero-order valence-corrected chi connectivity index (χ0v) is 11.9. The van der Waals surface area contributed by atoms with Crippen LogP contribution in [0.5, 0.6) is 5.75 Å². The van der Waals surface area contributed by atoms with Crippen LogP contribution in [0.25, 0.3) is 0 Å². The van der Waals surface area contributed by atoms with Crippen LogP contribution >= 0.6 is 0 Å². The van der Waals surface area contributed by atoms with Crippen molar-refractivity contribution in [3.63, 3.8) is 0 Å². The lowest BCUT2D eigenvalue weighted by molar-refractivity contribution is -0.122. The molecule has 0 spiro atoms. The fraction of sp³-hybridized carbons (Fsp3) is 0.250. The molecule has 110 valence electrons. The predicted molar refractivity (Wildman–Crippen MR) is 80.6 cm³/mol. The second-order valence-corrected chi connectivity index (χ2v) is 4.96. The molecule has 1 amide bonds. The number of amides is 1. The number of carbonyl (C=O) groups excluding carboxylic acids is 1. The molecular weight excluding hydrogens is 266 g/mol. The number of hydrogen-bond acceptors (Lipinski definition) is 4. The fourth-order valence-electron chi connectivity index (χ4n) is 1.98. The van der Waals surface area contributed by atoms with Crippen LogP contribution in [-0.2, 0) is 17.8 Å². The molecule has 1 heterocycles. The number of aryl methyl sites for hydroxylation is 1. The Hall–Kier alpha value is -2.40. The van der Waals surface area contributed by atoms with Gasteiger partial charge in [-0.05, 0) is 42.7 Å². The SMILES string of the molecule is Cc1cccnc1CNC(=O)[C@@H](N)Cc1ccc(O)cc1. The summed E-state index contributed by atoms with van der Waals surface area (Å²) in [4.78, 5) is 16.2. The van der Waals surface area contributed by atoms with E-state index in [-0.39, 0.29) is 11.7 Å². The van der Waals surface area contributed by atoms with Crippen molar-refractivity contribution >= 4 is 5.91 Å². The molecule has 1 aromatic heterocycles. The largest absolute Gasteiger partial charge is 0.508 e. The van der Waals surface area contributed by atoms with E-state index in [2.05, 4.69) is 10.3 Å². The van der Waals surface area contributed by atoms with E-state index in [4.69, 9.17) is 5.73 Å². The van der Waals surface area contributed by atoms with E-state index in [0.717, 1.165) is 16.8 Å². The summed E-state index contributed by atoms with van der Waals surface area (Å²) >= 11 is 0. The molecule has 0 aliphatic heterocycles. The predicted octanol–water partition coefficient (Wildman–Crippen LogP) is 1.28. The average molecular weight is 285 g/mol. The molecule has 0 radical (unpaired) electrons. The molecule has 1 aromatic carbocycles. The van der Waals surface area contributed by atoms with E-state index in [1.807, 2.05) is 19.1 Å². The number of aromatic hydroxyl groups is 1. The average Bonchev–Trinajstić information content (AvgIpc) is 2.48. The van der Waals surface area contributed by atoms with Crippen molar-refractivity contribution in [2.45, 2.75) is 25.9 Å². The fourth-order valence-corrected chi connectivity index (χ4v) is 1.98. The summed E-state index contributed by atoms with van der Waals surface area (Å²) in [6, 6.07) is 9.85. The van der Waals surface area contributed by atoms with Crippen molar-refractivity contribution in [3.05, 3.63) is 59.4 Å². The maximum Gasteiger partial charge on any atom is 0.237 e. The van der Waals surface area contributed by atoms with Crippen LogP contribution in [0.1, 0.15) is 16.8 Å². The first-order chi connectivity index (χ1) is 10.1. The first kappa shape index (κ1) is 15.0. The number of pyridine rings is 1. The van der Waals surface area contributed by atoms with Gasteiger partial charge in [-0.25, -0.2) is 0 Å². The molecule has 0 aliphatic carbocycles. The van der Waals surface area contributed by atoms with E-state index >= 15 is 0 Å². The molecule has 0 fully saturated rings. The highest BCUT2D eigenvalue weighted by Crippen LogP contribution is 2.11. The van der Waals surface area contributed by atoms with E-state index < -0.39 is 6.04 Å². The Bertz CT molecular complexity index is 611. The summed E-state index contributed by atoms with van der Waals surface area (Å²) in [7, 11) is 0. The van der Waals surface area contributed by atoms with Crippen LogP contribution in [-0.4, -0.2) is 22.0 Å². The van der Waals surface area contributed by atoms with Gasteiger partial charge in [-0.2, -0.15) is 0 Å². The van der Waals surface area contributed by atoms with Gasteiger partial charge in [-0.15, -0.1) is 0 Å². The van der Waals surface area contributed by atoms with Gasteiger partial charge >= 0.3 is 0 Å². The van der Waals surface area contributed by atoms with Gasteiger partial charge in [0.25, 0.3) is 0 Å². The third kappa shape index (κ3) is 4.29. The molecule has 2 rings (SSSR count). The van der Waals surface area contributed by atoms with Crippen molar-refractivity contribution in [1.82, 2.24) is 10.3 Å². The van der Waals surface area contributed by atoms with Crippen molar-refractivity contribution in [3.8, 4) is 5.75 Å². The molecule has 0 saturated carbocycles. The van der Waals surface area contributed by atoms with Crippen LogP contribution in [0.4, 0.5) is 0 Å². The van der Waals surface area contributed by atoms with E-state index in [1.165, 1.54) is 0 Å². The van der Waals surface area contributed by atoms with Gasteiger partial charge in [-0.3, -0.25) is 9.78 Å². The van der Waals surface area contributed by atoms with Crippen molar-refractivity contribution in [1.29, 1.82) is 0 Å². The molecule has 4 N–H and O–H groups in total. The van der Waals surface area contributed by atoms with Gasteiger partial charge in [0.05, 0.1) is 18.3 Å². The number of nitrogens with one attached hydrogen (secondary N) is 1. The van der Waals surface area contributed by atoms with Gasteiger partial charge in [0.2, 0.25) is 5.91 Å². The van der Waals surface area contributed by atoms with Crippen LogP contribution < -0.4 is 11.1 Å². The standard InChI is InChI=1S/C16H19N3O2/c1-11-3-2-8-18-15(11)10-19-16(21)14(17)9-12-4-6-13(20)7-5-12/h2-8,14,20H,9-10,17H2,1H3,(H,19,21)/t14-/m0/s1. The number of phenolic OH excluding ortho intramolecular Hbond substituents is 1. The molecule has 2 aromatic rings. The maximum atomic E-state index is 12.0. The first-order valence-corrected chi connectivity index (χ1v) is 6.78. The van der Waals surface area contributed by atoms with E-state index in [9.17, 15) is 9.90 Å². The Morgan fingerprint density at radius 2 is 2.05 bits per heavy atom. The number of phenols is 1. The topological polar surface area (TPSA) is 88.2 Å². The summed E-state index contributed by atoms with van der Waals surface area (Å²) in [5, 5.41) is 12.0. The van der Waals surface area contributed by atoms with Crippen LogP contribution in [0.3, 0.4) is 0 Å². The number of rotatable bonds is 5. The number of carbonyl (C=O) groups is 1. The third-order valence-electron chi connectivity index (χ3n) is 3.28. The van der Waals surface area contributed by atoms with Crippen molar-refractivity contribution in [2.24, 2.45) is 5.73 Å². The minimum atomic E-state index is -0.626. The minimum Gasteiger partial charge on any atom is -0.508 e. The summed E-state index contributed by atoms with van der Waals surface area (Å²) < 4.78 is 0. The van der Waals surface area contributed by atoms with Crippen LogP contribution in [0.15, 0.2) is 42.6 Å². The quantitative estimate of drug-likeness (QED) is 0.772. The Morgan fingerprint density at radius 1 is 1.33 bits per heavy atom. The summed E-state index contributed by atoms with van der Waals surface area (Å²) in [5.41, 5.74) is 8.67. The van der Waals surface area contributed by atoms with E-state index in [1.54, 1.807) is 30.5 Å². The second-order valence-electron chi connectivity index (χ2n) is 4.96. The maximum absolute atomic E-state index is 12.0. The zero-order valence-electron chi connectivity index (χ0n) is 11.9. The highest BCUT2D eigenvalue weighted by Gasteiger charge is 2.14. The zero-order chi connectivity index (χ0) is 15.2. The number of hydrogen-bond donors (Lipinski definition) is 3. The third-order valence-corrected chi connectivity index (χ3v) is 3.28. The van der Waals surface area contributed by atoms with Crippen molar-refractivity contribution < 1.29 is 9.90 Å². The molecule has 21 heavy (non-hydrogen) atoms. The second kappa shape index (κ2) is 6.85. The van der Waals surface area contributed by atoms with Crippen molar-refractivity contribution in [2.75, 3.05) is 0 Å². The highest BCUT2D eigenvalue weighted by molar-refractivity contribution is 5.81. The monoisotopic (exact) mass is 285 g/mol. The summed E-state index contributed by atoms with van der Waals surface area (Å²) in [6.07, 6.45) is 2.12. The Balaban J connectivity index is 1.88. The van der Waals surface area contributed by atoms with Gasteiger partial charge in [0.15, 0.2) is 0 Å². The molecular formula is C16H19N3O2. The minimum absolute atomic E-state index is 0.197. The number of nitrogens with zero attached hydrogens (tertiary/aromatic N) is 1. The Labute approximate surface area is 123 Å². The first-order valence-electron chi connectivity index (χ1n) is 6.78. The van der Waals surface area contributed by atoms with E-state index in [0.29, 0.717) is 13.0 Å². The number of aromatic nitrogens is 1. The van der Waals surface area contributed by atoms with Gasteiger partial charge < -0.3 is 16.2 Å². The normalized spacial score (nSPS) is 11.9. The smallest absolute Gasteiger partial charge is 0.237 e. The van der Waals surface area contributed by atoms with Gasteiger partial charge in [0.1, 0.15) is 5.75 Å². The lowest BCUT2D eigenvalue weighted by atomic mass is 10.1. The molecule has 0 aliphatic rings. The lowest BCUT2D eigenvalue weighted by Gasteiger charge is -2.13. The molecule has 5 nitrogen and oxygen atoms in total. The highest BCUT2D eigenvalue weighted by atomic mass is 16.3. The Morgan fingerprint density at radius 3 is 2.71 bits per heavy atom. The molecule has 1 atom stereocenters. The van der Waals surface area contributed by atoms with Gasteiger partial charge in [0, 0.05) is 6.20 Å². The summed E-state index contributed by atoms with van der Waals surface area (Å²) in [5.74, 6) is -0.0180. The lowest BCUT2D eigenvalue weighted by Crippen LogP contribution is -2.41. The summed E-state index contributed by atoms with van der Waals surface area (Å²) in [6.45, 7) is 2.32. The van der Waals surface area contributed by atoms with Gasteiger partial charge in [-0.1, -0.05) is 18.2 Å². The Kier molecular flexibility index (Phi) is 4.90. The molecule has 5 heteroatoms. The molecule has 0 bridgehead atoms.